The van der Waals surface area contributed by atoms with Gasteiger partial charge in [0.25, 0.3) is 5.69 Å². The van der Waals surface area contributed by atoms with Crippen LogP contribution in [-0.4, -0.2) is 22.2 Å². The third-order valence-corrected chi connectivity index (χ3v) is 4.73. The summed E-state index contributed by atoms with van der Waals surface area (Å²) in [7, 11) is 0. The number of hydrogen-bond acceptors (Lipinski definition) is 5. The van der Waals surface area contributed by atoms with Gasteiger partial charge in [0.1, 0.15) is 5.41 Å². The molecule has 1 unspecified atom stereocenters. The second kappa shape index (κ2) is 7.39. The number of benzene rings is 1. The number of carbonyl (C=O) groups excluding carboxylic acids is 2. The van der Waals surface area contributed by atoms with Crippen LogP contribution in [0.3, 0.4) is 0 Å². The molecule has 1 atom stereocenters. The van der Waals surface area contributed by atoms with Gasteiger partial charge in [-0.1, -0.05) is 24.6 Å². The normalized spacial score (nSPS) is 22.5. The number of nitro benzene ring substituents is 1. The van der Waals surface area contributed by atoms with Crippen LogP contribution in [0.5, 0.6) is 0 Å². The first-order chi connectivity index (χ1) is 12.6. The summed E-state index contributed by atoms with van der Waals surface area (Å²) in [6, 6.07) is 5.39. The number of ketones is 2. The molecule has 26 heavy (non-hydrogen) atoms. The molecule has 1 aromatic carbocycles. The first kappa shape index (κ1) is 17.7. The summed E-state index contributed by atoms with van der Waals surface area (Å²) in [5.41, 5.74) is -0.725. The van der Waals surface area contributed by atoms with Crippen LogP contribution in [0, 0.1) is 15.5 Å². The minimum absolute atomic E-state index is 0.0955. The number of nitro groups is 1. The highest BCUT2D eigenvalue weighted by Crippen LogP contribution is 2.39. The van der Waals surface area contributed by atoms with Crippen molar-refractivity contribution in [3.05, 3.63) is 76.5 Å². The molecule has 6 nitrogen and oxygen atoms in total. The lowest BCUT2D eigenvalue weighted by molar-refractivity contribution is -0.384. The number of Topliss-reactive ketones (excluding diaryl/α,β-unsaturated/α-hetero) is 2. The minimum atomic E-state index is -1.33. The maximum atomic E-state index is 13.4. The van der Waals surface area contributed by atoms with Crippen molar-refractivity contribution in [2.75, 3.05) is 0 Å². The number of nitrogens with zero attached hydrogens (tertiary/aromatic N) is 2. The molecule has 1 aliphatic carbocycles. The van der Waals surface area contributed by atoms with Gasteiger partial charge in [0.15, 0.2) is 11.6 Å². The maximum Gasteiger partial charge on any atom is 0.269 e. The van der Waals surface area contributed by atoms with Gasteiger partial charge in [-0.2, -0.15) is 0 Å². The number of rotatable bonds is 4. The van der Waals surface area contributed by atoms with Gasteiger partial charge in [-0.15, -0.1) is 0 Å². The average molecular weight is 350 g/mol. The van der Waals surface area contributed by atoms with Gasteiger partial charge in [0.2, 0.25) is 0 Å². The molecule has 2 aliphatic rings. The number of carbonyl (C=O) groups is 2. The van der Waals surface area contributed by atoms with E-state index in [0.717, 1.165) is 12.8 Å². The van der Waals surface area contributed by atoms with Crippen molar-refractivity contribution in [3.63, 3.8) is 0 Å². The molecule has 0 N–H and O–H groups in total. The fourth-order valence-corrected chi connectivity index (χ4v) is 3.38. The van der Waals surface area contributed by atoms with Gasteiger partial charge in [-0.25, -0.2) is 0 Å². The van der Waals surface area contributed by atoms with E-state index < -0.39 is 10.3 Å². The van der Waals surface area contributed by atoms with E-state index >= 15 is 0 Å². The van der Waals surface area contributed by atoms with E-state index in [2.05, 4.69) is 4.99 Å². The molecule has 1 aromatic rings. The quantitative estimate of drug-likeness (QED) is 0.355. The second-order valence-electron chi connectivity index (χ2n) is 6.27. The molecule has 0 saturated heterocycles. The van der Waals surface area contributed by atoms with Crippen LogP contribution in [0.15, 0.2) is 65.8 Å². The third-order valence-electron chi connectivity index (χ3n) is 4.73. The summed E-state index contributed by atoms with van der Waals surface area (Å²) in [5.74, 6) is -0.494. The molecule has 1 saturated carbocycles. The Labute approximate surface area is 150 Å². The zero-order chi connectivity index (χ0) is 18.6. The number of hydrogen-bond donors (Lipinski definition) is 0. The Morgan fingerprint density at radius 1 is 1.08 bits per heavy atom. The van der Waals surface area contributed by atoms with E-state index in [9.17, 15) is 19.7 Å². The highest BCUT2D eigenvalue weighted by molar-refractivity contribution is 6.32. The molecular weight excluding hydrogens is 332 g/mol. The number of non-ortho nitro benzene ring substituents is 1. The van der Waals surface area contributed by atoms with Gasteiger partial charge in [-0.3, -0.25) is 24.7 Å². The van der Waals surface area contributed by atoms with E-state index in [1.807, 2.05) is 12.2 Å². The topological polar surface area (TPSA) is 89.6 Å². The Hall–Kier alpha value is -3.15. The van der Waals surface area contributed by atoms with Crippen LogP contribution in [0.2, 0.25) is 0 Å². The molecule has 0 bridgehead atoms. The lowest BCUT2D eigenvalue weighted by atomic mass is 9.65. The van der Waals surface area contributed by atoms with E-state index in [-0.39, 0.29) is 22.8 Å². The molecule has 1 heterocycles. The Balaban J connectivity index is 2.07. The molecule has 3 rings (SSSR count). The summed E-state index contributed by atoms with van der Waals surface area (Å²) >= 11 is 0. The fraction of sp³-hybridized carbons (Fsp3) is 0.250. The lowest BCUT2D eigenvalue weighted by Crippen LogP contribution is -2.47. The highest BCUT2D eigenvalue weighted by Gasteiger charge is 2.50. The largest absolute Gasteiger partial charge is 0.298 e. The third kappa shape index (κ3) is 3.18. The standard InChI is InChI=1S/C20H18N2O4/c23-18-8-4-5-13-20(18,17-7-3-1-2-6-14-21-17)19(24)15-9-11-16(12-10-15)22(25)26/h1-3,6-7,9-12,14H,4-5,8,13H2. The molecular formula is C20H18N2O4. The van der Waals surface area contributed by atoms with Crippen molar-refractivity contribution in [1.82, 2.24) is 0 Å². The van der Waals surface area contributed by atoms with Crippen LogP contribution < -0.4 is 0 Å². The predicted octanol–water partition coefficient (Wildman–Crippen LogP) is 3.99. The van der Waals surface area contributed by atoms with Gasteiger partial charge < -0.3 is 0 Å². The van der Waals surface area contributed by atoms with Gasteiger partial charge in [0, 0.05) is 30.3 Å². The molecule has 1 fully saturated rings. The summed E-state index contributed by atoms with van der Waals surface area (Å²) < 4.78 is 0. The Kier molecular flexibility index (Phi) is 5.02. The lowest BCUT2D eigenvalue weighted by Gasteiger charge is -2.34. The molecule has 6 heteroatoms. The highest BCUT2D eigenvalue weighted by atomic mass is 16.6. The van der Waals surface area contributed by atoms with Crippen molar-refractivity contribution in [2.45, 2.75) is 25.7 Å². The molecule has 1 aliphatic heterocycles. The predicted molar refractivity (Wildman–Crippen MR) is 98.2 cm³/mol. The minimum Gasteiger partial charge on any atom is -0.298 e. The van der Waals surface area contributed by atoms with Crippen LogP contribution in [0.25, 0.3) is 0 Å². The smallest absolute Gasteiger partial charge is 0.269 e. The molecule has 0 amide bonds. The van der Waals surface area contributed by atoms with Gasteiger partial charge in [0.05, 0.1) is 10.6 Å². The summed E-state index contributed by atoms with van der Waals surface area (Å²) in [4.78, 5) is 41.0. The summed E-state index contributed by atoms with van der Waals surface area (Å²) in [6.07, 6.45) is 12.6. The Morgan fingerprint density at radius 2 is 1.81 bits per heavy atom. The Bertz CT molecular complexity index is 862. The van der Waals surface area contributed by atoms with Crippen molar-refractivity contribution >= 4 is 23.0 Å². The molecule has 0 aromatic heterocycles. The maximum absolute atomic E-state index is 13.4. The number of aliphatic imine (C=N–C) groups is 1. The first-order valence-corrected chi connectivity index (χ1v) is 8.46. The van der Waals surface area contributed by atoms with Crippen LogP contribution in [0.1, 0.15) is 36.0 Å². The van der Waals surface area contributed by atoms with Crippen molar-refractivity contribution in [1.29, 1.82) is 0 Å². The van der Waals surface area contributed by atoms with E-state index in [1.165, 1.54) is 24.3 Å². The van der Waals surface area contributed by atoms with Gasteiger partial charge in [-0.05, 0) is 37.1 Å². The zero-order valence-corrected chi connectivity index (χ0v) is 14.1. The number of allylic oxidation sites excluding steroid dienone is 5. The van der Waals surface area contributed by atoms with Crippen LogP contribution in [0.4, 0.5) is 5.69 Å². The zero-order valence-electron chi connectivity index (χ0n) is 14.1. The van der Waals surface area contributed by atoms with Crippen LogP contribution >= 0.6 is 0 Å². The van der Waals surface area contributed by atoms with Crippen molar-refractivity contribution in [2.24, 2.45) is 10.4 Å². The van der Waals surface area contributed by atoms with Gasteiger partial charge >= 0.3 is 0 Å². The molecule has 0 radical (unpaired) electrons. The average Bonchev–Trinajstić information content (AvgIpc) is 2.62. The summed E-state index contributed by atoms with van der Waals surface area (Å²) in [6.45, 7) is 0. The van der Waals surface area contributed by atoms with Crippen molar-refractivity contribution < 1.29 is 14.5 Å². The first-order valence-electron chi connectivity index (χ1n) is 8.46. The van der Waals surface area contributed by atoms with Crippen LogP contribution in [-0.2, 0) is 4.79 Å². The molecule has 132 valence electrons. The summed E-state index contributed by atoms with van der Waals surface area (Å²) in [5, 5.41) is 10.8. The molecule has 0 spiro atoms. The van der Waals surface area contributed by atoms with E-state index in [1.54, 1.807) is 24.4 Å². The SMILES string of the molecule is O=C1CCCCC1(C(=O)c1ccc([N+](=O)[O-])cc1)C1=NC=CC=CC=C1. The fourth-order valence-electron chi connectivity index (χ4n) is 3.38. The van der Waals surface area contributed by atoms with Crippen molar-refractivity contribution in [3.8, 4) is 0 Å². The second-order valence-corrected chi connectivity index (χ2v) is 6.27. The Morgan fingerprint density at radius 3 is 2.50 bits per heavy atom. The monoisotopic (exact) mass is 350 g/mol. The van der Waals surface area contributed by atoms with E-state index in [4.69, 9.17) is 0 Å². The van der Waals surface area contributed by atoms with E-state index in [0.29, 0.717) is 18.6 Å².